The molecule has 8 nitrogen and oxygen atoms in total. The number of aliphatic carboxylic acids is 1. The van der Waals surface area contributed by atoms with Crippen molar-refractivity contribution in [1.82, 2.24) is 20.0 Å². The standard InChI is InChI=1S/C13H22N4O4/c1-15-5-3-4-9(15)7-16(2)13(21)17-8-11(18)14-6-10(17)12(19)20/h9-10H,3-8H2,1-2H3,(H,14,18)(H,19,20). The number of carboxylic acid groups (broad SMARTS) is 1. The lowest BCUT2D eigenvalue weighted by molar-refractivity contribution is -0.144. The average molecular weight is 298 g/mol. The Kier molecular flexibility index (Phi) is 4.66. The third-order valence-electron chi connectivity index (χ3n) is 4.20. The van der Waals surface area contributed by atoms with E-state index < -0.39 is 18.0 Å². The van der Waals surface area contributed by atoms with Gasteiger partial charge in [0.1, 0.15) is 12.6 Å². The van der Waals surface area contributed by atoms with Crippen LogP contribution < -0.4 is 5.32 Å². The third-order valence-corrected chi connectivity index (χ3v) is 4.20. The number of hydrogen-bond donors (Lipinski definition) is 2. The third kappa shape index (κ3) is 3.44. The molecule has 2 unspecified atom stereocenters. The van der Waals surface area contributed by atoms with Crippen molar-refractivity contribution >= 4 is 17.9 Å². The molecule has 0 aliphatic carbocycles. The fraction of sp³-hybridized carbons (Fsp3) is 0.769. The maximum absolute atomic E-state index is 12.4. The summed E-state index contributed by atoms with van der Waals surface area (Å²) < 4.78 is 0. The first kappa shape index (κ1) is 15.6. The van der Waals surface area contributed by atoms with Crippen LogP contribution >= 0.6 is 0 Å². The van der Waals surface area contributed by atoms with E-state index in [1.54, 1.807) is 7.05 Å². The lowest BCUT2D eigenvalue weighted by Crippen LogP contribution is -2.62. The summed E-state index contributed by atoms with van der Waals surface area (Å²) in [5.41, 5.74) is 0. The molecule has 2 N–H and O–H groups in total. The van der Waals surface area contributed by atoms with Crippen molar-refractivity contribution in [3.8, 4) is 0 Å². The smallest absolute Gasteiger partial charge is 0.328 e. The molecule has 3 amide bonds. The first-order chi connectivity index (χ1) is 9.90. The summed E-state index contributed by atoms with van der Waals surface area (Å²) in [5, 5.41) is 11.7. The van der Waals surface area contributed by atoms with E-state index in [1.165, 1.54) is 4.90 Å². The zero-order valence-corrected chi connectivity index (χ0v) is 12.4. The summed E-state index contributed by atoms with van der Waals surface area (Å²) in [6.45, 7) is 1.30. The quantitative estimate of drug-likeness (QED) is 0.698. The number of carbonyl (C=O) groups excluding carboxylic acids is 2. The second kappa shape index (κ2) is 6.30. The number of rotatable bonds is 3. The predicted octanol–water partition coefficient (Wildman–Crippen LogP) is -0.983. The maximum atomic E-state index is 12.4. The Morgan fingerprint density at radius 3 is 2.76 bits per heavy atom. The number of hydrogen-bond acceptors (Lipinski definition) is 4. The van der Waals surface area contributed by atoms with Crippen LogP contribution in [0.25, 0.3) is 0 Å². The van der Waals surface area contributed by atoms with E-state index in [-0.39, 0.29) is 19.0 Å². The van der Waals surface area contributed by atoms with Gasteiger partial charge < -0.3 is 20.2 Å². The summed E-state index contributed by atoms with van der Waals surface area (Å²) >= 11 is 0. The van der Waals surface area contributed by atoms with E-state index in [9.17, 15) is 19.5 Å². The van der Waals surface area contributed by atoms with Gasteiger partial charge in [-0.3, -0.25) is 9.69 Å². The van der Waals surface area contributed by atoms with Crippen LogP contribution in [0.2, 0.25) is 0 Å². The van der Waals surface area contributed by atoms with Gasteiger partial charge in [0.2, 0.25) is 5.91 Å². The van der Waals surface area contributed by atoms with Gasteiger partial charge in [0.15, 0.2) is 0 Å². The van der Waals surface area contributed by atoms with Crippen molar-refractivity contribution < 1.29 is 19.5 Å². The van der Waals surface area contributed by atoms with Gasteiger partial charge in [0.05, 0.1) is 0 Å². The average Bonchev–Trinajstić information content (AvgIpc) is 2.83. The SMILES string of the molecule is CN(CC1CCCN1C)C(=O)N1CC(=O)NCC1C(=O)O. The lowest BCUT2D eigenvalue weighted by Gasteiger charge is -2.36. The Hall–Kier alpha value is -1.83. The van der Waals surface area contributed by atoms with Crippen LogP contribution in [0.15, 0.2) is 0 Å². The van der Waals surface area contributed by atoms with Gasteiger partial charge in [-0.2, -0.15) is 0 Å². The molecule has 2 aliphatic rings. The number of likely N-dealkylation sites (tertiary alicyclic amines) is 1. The summed E-state index contributed by atoms with van der Waals surface area (Å²) in [6.07, 6.45) is 2.13. The van der Waals surface area contributed by atoms with E-state index in [1.807, 2.05) is 7.05 Å². The number of nitrogens with zero attached hydrogens (tertiary/aromatic N) is 3. The predicted molar refractivity (Wildman–Crippen MR) is 74.8 cm³/mol. The molecule has 2 rings (SSSR count). The van der Waals surface area contributed by atoms with Crippen LogP contribution in [0.4, 0.5) is 4.79 Å². The van der Waals surface area contributed by atoms with Crippen molar-refractivity contribution in [2.45, 2.75) is 24.9 Å². The van der Waals surface area contributed by atoms with Crippen molar-refractivity contribution in [3.05, 3.63) is 0 Å². The van der Waals surface area contributed by atoms with Crippen molar-refractivity contribution in [1.29, 1.82) is 0 Å². The van der Waals surface area contributed by atoms with Gasteiger partial charge in [-0.15, -0.1) is 0 Å². The van der Waals surface area contributed by atoms with Gasteiger partial charge in [0.25, 0.3) is 0 Å². The fourth-order valence-corrected chi connectivity index (χ4v) is 2.89. The Bertz CT molecular complexity index is 442. The fourth-order valence-electron chi connectivity index (χ4n) is 2.89. The highest BCUT2D eigenvalue weighted by molar-refractivity contribution is 5.90. The van der Waals surface area contributed by atoms with Gasteiger partial charge >= 0.3 is 12.0 Å². The molecule has 2 fully saturated rings. The van der Waals surface area contributed by atoms with Gasteiger partial charge in [-0.05, 0) is 26.4 Å². The van der Waals surface area contributed by atoms with Gasteiger partial charge in [-0.25, -0.2) is 9.59 Å². The van der Waals surface area contributed by atoms with Gasteiger partial charge in [-0.1, -0.05) is 0 Å². The molecule has 118 valence electrons. The van der Waals surface area contributed by atoms with E-state index in [4.69, 9.17) is 0 Å². The number of nitrogens with one attached hydrogen (secondary N) is 1. The molecule has 2 saturated heterocycles. The summed E-state index contributed by atoms with van der Waals surface area (Å²) in [7, 11) is 3.67. The number of carboxylic acids is 1. The van der Waals surface area contributed by atoms with E-state index in [0.717, 1.165) is 24.3 Å². The largest absolute Gasteiger partial charge is 0.480 e. The topological polar surface area (TPSA) is 93.2 Å². The second-order valence-electron chi connectivity index (χ2n) is 5.73. The first-order valence-corrected chi connectivity index (χ1v) is 7.11. The van der Waals surface area contributed by atoms with Crippen LogP contribution in [0, 0.1) is 0 Å². The summed E-state index contributed by atoms with van der Waals surface area (Å²) in [6, 6.07) is -1.11. The molecule has 2 heterocycles. The Morgan fingerprint density at radius 1 is 1.48 bits per heavy atom. The molecule has 0 spiro atoms. The minimum atomic E-state index is -1.10. The molecule has 0 aromatic heterocycles. The minimum absolute atomic E-state index is 0.0446. The van der Waals surface area contributed by atoms with Crippen molar-refractivity contribution in [3.63, 3.8) is 0 Å². The summed E-state index contributed by atoms with van der Waals surface area (Å²) in [5.74, 6) is -1.43. The Morgan fingerprint density at radius 2 is 2.19 bits per heavy atom. The molecule has 2 atom stereocenters. The zero-order chi connectivity index (χ0) is 15.6. The highest BCUT2D eigenvalue weighted by Gasteiger charge is 2.37. The number of carbonyl (C=O) groups is 3. The van der Waals surface area contributed by atoms with Crippen LogP contribution in [0.3, 0.4) is 0 Å². The molecule has 0 radical (unpaired) electrons. The molecule has 0 aromatic carbocycles. The maximum Gasteiger partial charge on any atom is 0.328 e. The van der Waals surface area contributed by atoms with E-state index >= 15 is 0 Å². The molecule has 0 aromatic rings. The molecule has 8 heteroatoms. The monoisotopic (exact) mass is 298 g/mol. The Labute approximate surface area is 123 Å². The normalized spacial score (nSPS) is 26.6. The number of piperazine rings is 1. The zero-order valence-electron chi connectivity index (χ0n) is 12.4. The molecule has 0 bridgehead atoms. The van der Waals surface area contributed by atoms with Crippen LogP contribution in [0.5, 0.6) is 0 Å². The number of urea groups is 1. The van der Waals surface area contributed by atoms with Crippen LogP contribution in [0.1, 0.15) is 12.8 Å². The van der Waals surface area contributed by atoms with Crippen LogP contribution in [-0.4, -0.2) is 90.1 Å². The number of likely N-dealkylation sites (N-methyl/N-ethyl adjacent to an activating group) is 2. The van der Waals surface area contributed by atoms with Crippen molar-refractivity contribution in [2.75, 3.05) is 40.3 Å². The highest BCUT2D eigenvalue weighted by atomic mass is 16.4. The molecule has 21 heavy (non-hydrogen) atoms. The molecular formula is C13H22N4O4. The number of amides is 3. The first-order valence-electron chi connectivity index (χ1n) is 7.11. The highest BCUT2D eigenvalue weighted by Crippen LogP contribution is 2.16. The molecule has 2 aliphatic heterocycles. The minimum Gasteiger partial charge on any atom is -0.480 e. The Balaban J connectivity index is 2.01. The van der Waals surface area contributed by atoms with Gasteiger partial charge in [0, 0.05) is 26.2 Å². The van der Waals surface area contributed by atoms with Crippen molar-refractivity contribution in [2.24, 2.45) is 0 Å². The van der Waals surface area contributed by atoms with Crippen LogP contribution in [-0.2, 0) is 9.59 Å². The second-order valence-corrected chi connectivity index (χ2v) is 5.73. The molecular weight excluding hydrogens is 276 g/mol. The molecule has 0 saturated carbocycles. The van der Waals surface area contributed by atoms with E-state index in [2.05, 4.69) is 10.2 Å². The summed E-state index contributed by atoms with van der Waals surface area (Å²) in [4.78, 5) is 40.0. The lowest BCUT2D eigenvalue weighted by atomic mass is 10.2. The van der Waals surface area contributed by atoms with E-state index in [0.29, 0.717) is 12.6 Å².